The number of nitrogens with one attached hydrogen (secondary N) is 2. The molecule has 112 valence electrons. The SMILES string of the molecule is CCCNc1nc(NC2(CO)CC2)cc(C(F)(F)F)n1. The van der Waals surface area contributed by atoms with Crippen LogP contribution < -0.4 is 10.6 Å². The fourth-order valence-corrected chi connectivity index (χ4v) is 1.72. The van der Waals surface area contributed by atoms with Crippen LogP contribution in [0.3, 0.4) is 0 Å². The van der Waals surface area contributed by atoms with Crippen molar-refractivity contribution in [1.29, 1.82) is 0 Å². The molecule has 0 atom stereocenters. The fraction of sp³-hybridized carbons (Fsp3) is 0.667. The van der Waals surface area contributed by atoms with Gasteiger partial charge in [-0.1, -0.05) is 6.92 Å². The first kappa shape index (κ1) is 14.8. The first-order valence-electron chi connectivity index (χ1n) is 6.48. The number of aliphatic hydroxyl groups excluding tert-OH is 1. The molecule has 3 N–H and O–H groups in total. The molecule has 1 fully saturated rings. The van der Waals surface area contributed by atoms with E-state index in [9.17, 15) is 18.3 Å². The summed E-state index contributed by atoms with van der Waals surface area (Å²) in [5, 5.41) is 14.8. The molecule has 1 aromatic heterocycles. The molecule has 0 aliphatic heterocycles. The average Bonchev–Trinajstić information content (AvgIpc) is 3.15. The second-order valence-electron chi connectivity index (χ2n) is 4.95. The smallest absolute Gasteiger partial charge is 0.394 e. The summed E-state index contributed by atoms with van der Waals surface area (Å²) in [5.74, 6) is 0.0235. The summed E-state index contributed by atoms with van der Waals surface area (Å²) < 4.78 is 38.4. The van der Waals surface area contributed by atoms with Crippen LogP contribution in [0.5, 0.6) is 0 Å². The van der Waals surface area contributed by atoms with E-state index in [-0.39, 0.29) is 18.4 Å². The largest absolute Gasteiger partial charge is 0.433 e. The maximum Gasteiger partial charge on any atom is 0.433 e. The first-order valence-corrected chi connectivity index (χ1v) is 6.48. The number of alkyl halides is 3. The lowest BCUT2D eigenvalue weighted by molar-refractivity contribution is -0.141. The molecule has 1 aliphatic rings. The van der Waals surface area contributed by atoms with Gasteiger partial charge in [0, 0.05) is 12.6 Å². The van der Waals surface area contributed by atoms with Gasteiger partial charge in [-0.3, -0.25) is 0 Å². The quantitative estimate of drug-likeness (QED) is 0.749. The number of hydrogen-bond donors (Lipinski definition) is 3. The van der Waals surface area contributed by atoms with E-state index in [1.54, 1.807) is 0 Å². The lowest BCUT2D eigenvalue weighted by atomic mass is 10.3. The molecular formula is C12H17F3N4O. The summed E-state index contributed by atoms with van der Waals surface area (Å²) in [4.78, 5) is 7.48. The van der Waals surface area contributed by atoms with Gasteiger partial charge in [-0.2, -0.15) is 18.2 Å². The topological polar surface area (TPSA) is 70.1 Å². The Labute approximate surface area is 114 Å². The predicted octanol–water partition coefficient (Wildman–Crippen LogP) is 2.25. The van der Waals surface area contributed by atoms with Crippen LogP contribution in [0.1, 0.15) is 31.9 Å². The molecular weight excluding hydrogens is 273 g/mol. The number of nitrogens with zero attached hydrogens (tertiary/aromatic N) is 2. The summed E-state index contributed by atoms with van der Waals surface area (Å²) in [7, 11) is 0. The predicted molar refractivity (Wildman–Crippen MR) is 68.5 cm³/mol. The molecule has 0 unspecified atom stereocenters. The van der Waals surface area contributed by atoms with Crippen molar-refractivity contribution in [2.75, 3.05) is 23.8 Å². The second-order valence-corrected chi connectivity index (χ2v) is 4.95. The molecule has 1 saturated carbocycles. The number of rotatable bonds is 6. The van der Waals surface area contributed by atoms with Crippen LogP contribution in [0.15, 0.2) is 6.07 Å². The average molecular weight is 290 g/mol. The van der Waals surface area contributed by atoms with Crippen LogP contribution in [0.25, 0.3) is 0 Å². The molecule has 0 spiro atoms. The molecule has 0 radical (unpaired) electrons. The van der Waals surface area contributed by atoms with Gasteiger partial charge in [0.25, 0.3) is 0 Å². The maximum absolute atomic E-state index is 12.8. The summed E-state index contributed by atoms with van der Waals surface area (Å²) in [6.45, 7) is 2.26. The Morgan fingerprint density at radius 1 is 1.35 bits per heavy atom. The van der Waals surface area contributed by atoms with Crippen molar-refractivity contribution >= 4 is 11.8 Å². The zero-order chi connectivity index (χ0) is 14.8. The zero-order valence-electron chi connectivity index (χ0n) is 11.1. The van der Waals surface area contributed by atoms with Gasteiger partial charge in [-0.25, -0.2) is 4.98 Å². The molecule has 5 nitrogen and oxygen atoms in total. The van der Waals surface area contributed by atoms with Gasteiger partial charge in [0.15, 0.2) is 5.69 Å². The van der Waals surface area contributed by atoms with Gasteiger partial charge >= 0.3 is 6.18 Å². The zero-order valence-corrected chi connectivity index (χ0v) is 11.1. The van der Waals surface area contributed by atoms with Crippen LogP contribution in [0.2, 0.25) is 0 Å². The van der Waals surface area contributed by atoms with Crippen molar-refractivity contribution in [2.45, 2.75) is 37.9 Å². The Morgan fingerprint density at radius 3 is 2.55 bits per heavy atom. The molecule has 8 heteroatoms. The summed E-state index contributed by atoms with van der Waals surface area (Å²) in [5.41, 5.74) is -1.53. The number of aromatic nitrogens is 2. The van der Waals surface area contributed by atoms with Gasteiger partial charge in [0.05, 0.1) is 12.1 Å². The van der Waals surface area contributed by atoms with Crippen LogP contribution in [0.4, 0.5) is 24.9 Å². The van der Waals surface area contributed by atoms with E-state index >= 15 is 0 Å². The summed E-state index contributed by atoms with van der Waals surface area (Å²) >= 11 is 0. The highest BCUT2D eigenvalue weighted by molar-refractivity contribution is 5.46. The first-order chi connectivity index (χ1) is 9.38. The Kier molecular flexibility index (Phi) is 4.03. The van der Waals surface area contributed by atoms with E-state index in [0.717, 1.165) is 12.5 Å². The molecule has 0 aromatic carbocycles. The highest BCUT2D eigenvalue weighted by Crippen LogP contribution is 2.39. The molecule has 1 aromatic rings. The number of halogens is 3. The Balaban J connectivity index is 2.25. The molecule has 1 heterocycles. The Morgan fingerprint density at radius 2 is 2.05 bits per heavy atom. The van der Waals surface area contributed by atoms with E-state index in [0.29, 0.717) is 19.4 Å². The molecule has 0 amide bonds. The van der Waals surface area contributed by atoms with Gasteiger partial charge in [0.1, 0.15) is 5.82 Å². The molecule has 2 rings (SSSR count). The van der Waals surface area contributed by atoms with E-state index in [1.807, 2.05) is 6.92 Å². The number of hydrogen-bond acceptors (Lipinski definition) is 5. The van der Waals surface area contributed by atoms with Crippen LogP contribution in [-0.2, 0) is 6.18 Å². The van der Waals surface area contributed by atoms with E-state index < -0.39 is 17.4 Å². The van der Waals surface area contributed by atoms with Crippen LogP contribution in [-0.4, -0.2) is 33.8 Å². The third-order valence-corrected chi connectivity index (χ3v) is 3.10. The molecule has 0 bridgehead atoms. The van der Waals surface area contributed by atoms with Crippen molar-refractivity contribution in [2.24, 2.45) is 0 Å². The fourth-order valence-electron chi connectivity index (χ4n) is 1.72. The number of anilines is 2. The molecule has 20 heavy (non-hydrogen) atoms. The third kappa shape index (κ3) is 3.50. The highest BCUT2D eigenvalue weighted by Gasteiger charge is 2.43. The van der Waals surface area contributed by atoms with Gasteiger partial charge in [-0.15, -0.1) is 0 Å². The van der Waals surface area contributed by atoms with Gasteiger partial charge < -0.3 is 15.7 Å². The molecule has 0 saturated heterocycles. The minimum Gasteiger partial charge on any atom is -0.394 e. The van der Waals surface area contributed by atoms with E-state index in [4.69, 9.17) is 0 Å². The third-order valence-electron chi connectivity index (χ3n) is 3.10. The number of aliphatic hydroxyl groups is 1. The Bertz CT molecular complexity index is 474. The Hall–Kier alpha value is -1.57. The van der Waals surface area contributed by atoms with E-state index in [1.165, 1.54) is 0 Å². The van der Waals surface area contributed by atoms with Gasteiger partial charge in [-0.05, 0) is 19.3 Å². The van der Waals surface area contributed by atoms with Crippen LogP contribution in [0, 0.1) is 0 Å². The minimum atomic E-state index is -4.53. The molecule has 1 aliphatic carbocycles. The van der Waals surface area contributed by atoms with Gasteiger partial charge in [0.2, 0.25) is 5.95 Å². The van der Waals surface area contributed by atoms with Crippen molar-refractivity contribution in [3.8, 4) is 0 Å². The normalized spacial score (nSPS) is 16.9. The lowest BCUT2D eigenvalue weighted by Crippen LogP contribution is -2.27. The van der Waals surface area contributed by atoms with Crippen molar-refractivity contribution < 1.29 is 18.3 Å². The van der Waals surface area contributed by atoms with Crippen LogP contribution >= 0.6 is 0 Å². The standard InChI is InChI=1S/C12H17F3N4O/c1-2-5-16-10-17-8(12(13,14)15)6-9(18-10)19-11(7-20)3-4-11/h6,20H,2-5,7H2,1H3,(H2,16,17,18,19). The highest BCUT2D eigenvalue weighted by atomic mass is 19.4. The van der Waals surface area contributed by atoms with Crippen molar-refractivity contribution in [3.05, 3.63) is 11.8 Å². The lowest BCUT2D eigenvalue weighted by Gasteiger charge is -2.17. The van der Waals surface area contributed by atoms with E-state index in [2.05, 4.69) is 20.6 Å². The van der Waals surface area contributed by atoms with Crippen molar-refractivity contribution in [3.63, 3.8) is 0 Å². The monoisotopic (exact) mass is 290 g/mol. The van der Waals surface area contributed by atoms with Crippen molar-refractivity contribution in [1.82, 2.24) is 9.97 Å². The maximum atomic E-state index is 12.8. The second kappa shape index (κ2) is 5.43. The summed E-state index contributed by atoms with van der Waals surface area (Å²) in [6.07, 6.45) is -2.35. The summed E-state index contributed by atoms with van der Waals surface area (Å²) in [6, 6.07) is 0.868. The minimum absolute atomic E-state index is 0.0575.